The molecule has 186 valence electrons. The van der Waals surface area contributed by atoms with E-state index in [0.717, 1.165) is 11.1 Å². The Morgan fingerprint density at radius 2 is 1.67 bits per heavy atom. The molecule has 0 aliphatic heterocycles. The van der Waals surface area contributed by atoms with Crippen LogP contribution in [0.15, 0.2) is 72.8 Å². The highest BCUT2D eigenvalue weighted by Gasteiger charge is 2.33. The molecule has 0 saturated heterocycles. The SMILES string of the molecule is CCOC(=O)C[NH2+][C@@H](c1cc(Cl)cc(Cl)c1OC)c1nnnn1C(c1ccccc1)c1ccccc1. The first-order chi connectivity index (χ1) is 17.5. The van der Waals surface area contributed by atoms with Crippen LogP contribution in [0.4, 0.5) is 0 Å². The Bertz CT molecular complexity index is 1260. The van der Waals surface area contributed by atoms with Crippen LogP contribution < -0.4 is 10.1 Å². The van der Waals surface area contributed by atoms with Gasteiger partial charge in [-0.1, -0.05) is 83.9 Å². The molecule has 1 atom stereocenters. The lowest BCUT2D eigenvalue weighted by Crippen LogP contribution is -2.87. The van der Waals surface area contributed by atoms with Crippen molar-refractivity contribution in [3.05, 3.63) is 105 Å². The van der Waals surface area contributed by atoms with Crippen LogP contribution in [0, 0.1) is 0 Å². The summed E-state index contributed by atoms with van der Waals surface area (Å²) in [6.45, 7) is 2.07. The Morgan fingerprint density at radius 1 is 1.03 bits per heavy atom. The van der Waals surface area contributed by atoms with Gasteiger partial charge in [-0.15, -0.1) is 5.10 Å². The first-order valence-corrected chi connectivity index (χ1v) is 12.2. The van der Waals surface area contributed by atoms with Gasteiger partial charge in [0.15, 0.2) is 12.6 Å². The fourth-order valence-electron chi connectivity index (χ4n) is 4.17. The van der Waals surface area contributed by atoms with Crippen molar-refractivity contribution in [3.8, 4) is 5.75 Å². The van der Waals surface area contributed by atoms with Crippen LogP contribution in [0.5, 0.6) is 5.75 Å². The Balaban J connectivity index is 1.87. The summed E-state index contributed by atoms with van der Waals surface area (Å²) in [5.74, 6) is 0.557. The van der Waals surface area contributed by atoms with Gasteiger partial charge in [-0.05, 0) is 40.6 Å². The minimum absolute atomic E-state index is 0.0278. The molecule has 4 aromatic rings. The third-order valence-corrected chi connectivity index (χ3v) is 6.17. The van der Waals surface area contributed by atoms with E-state index in [1.165, 1.54) is 7.11 Å². The molecule has 3 aromatic carbocycles. The highest BCUT2D eigenvalue weighted by molar-refractivity contribution is 6.35. The summed E-state index contributed by atoms with van der Waals surface area (Å²) in [6, 6.07) is 22.4. The number of carbonyl (C=O) groups is 1. The number of rotatable bonds is 10. The van der Waals surface area contributed by atoms with Crippen LogP contribution in [-0.2, 0) is 9.53 Å². The van der Waals surface area contributed by atoms with Crippen LogP contribution in [0.25, 0.3) is 0 Å². The molecule has 0 fully saturated rings. The van der Waals surface area contributed by atoms with Crippen molar-refractivity contribution in [2.24, 2.45) is 0 Å². The number of aromatic nitrogens is 4. The summed E-state index contributed by atoms with van der Waals surface area (Å²) in [6.07, 6.45) is 0. The van der Waals surface area contributed by atoms with Crippen LogP contribution in [-0.4, -0.2) is 46.4 Å². The molecule has 1 heterocycles. The summed E-state index contributed by atoms with van der Waals surface area (Å²) >= 11 is 12.9. The first-order valence-electron chi connectivity index (χ1n) is 11.4. The Labute approximate surface area is 219 Å². The van der Waals surface area contributed by atoms with E-state index in [1.807, 2.05) is 60.7 Å². The van der Waals surface area contributed by atoms with E-state index in [9.17, 15) is 4.79 Å². The van der Waals surface area contributed by atoms with Crippen molar-refractivity contribution < 1.29 is 19.6 Å². The van der Waals surface area contributed by atoms with E-state index in [1.54, 1.807) is 29.1 Å². The Hall–Kier alpha value is -3.46. The van der Waals surface area contributed by atoms with E-state index < -0.39 is 6.04 Å². The molecule has 0 aliphatic rings. The summed E-state index contributed by atoms with van der Waals surface area (Å²) in [7, 11) is 1.53. The lowest BCUT2D eigenvalue weighted by atomic mass is 9.97. The number of ether oxygens (including phenoxy) is 2. The summed E-state index contributed by atoms with van der Waals surface area (Å²) in [5, 5.41) is 15.4. The van der Waals surface area contributed by atoms with E-state index in [2.05, 4.69) is 15.5 Å². The molecule has 36 heavy (non-hydrogen) atoms. The number of hydrogen-bond acceptors (Lipinski definition) is 6. The van der Waals surface area contributed by atoms with Crippen molar-refractivity contribution in [2.45, 2.75) is 19.0 Å². The lowest BCUT2D eigenvalue weighted by molar-refractivity contribution is -0.679. The van der Waals surface area contributed by atoms with Crippen LogP contribution in [0.1, 0.15) is 41.5 Å². The zero-order chi connectivity index (χ0) is 25.5. The fraction of sp³-hybridized carbons (Fsp3) is 0.231. The third-order valence-electron chi connectivity index (χ3n) is 5.67. The number of tetrazole rings is 1. The smallest absolute Gasteiger partial charge is 0.361 e. The lowest BCUT2D eigenvalue weighted by Gasteiger charge is -2.23. The molecular formula is C26H26Cl2N5O3+. The monoisotopic (exact) mass is 526 g/mol. The minimum Gasteiger partial charge on any atom is -0.495 e. The van der Waals surface area contributed by atoms with Gasteiger partial charge in [0.2, 0.25) is 5.82 Å². The van der Waals surface area contributed by atoms with E-state index >= 15 is 0 Å². The number of methoxy groups -OCH3 is 1. The number of esters is 1. The molecule has 8 nitrogen and oxygen atoms in total. The number of nitrogens with zero attached hydrogens (tertiary/aromatic N) is 4. The fourth-order valence-corrected chi connectivity index (χ4v) is 4.75. The van der Waals surface area contributed by atoms with Gasteiger partial charge in [0.25, 0.3) is 0 Å². The van der Waals surface area contributed by atoms with Gasteiger partial charge in [-0.25, -0.2) is 9.48 Å². The molecule has 0 amide bonds. The van der Waals surface area contributed by atoms with Crippen LogP contribution in [0.2, 0.25) is 10.0 Å². The molecular weight excluding hydrogens is 501 g/mol. The van der Waals surface area contributed by atoms with Crippen molar-refractivity contribution in [1.29, 1.82) is 0 Å². The number of quaternary nitrogens is 1. The van der Waals surface area contributed by atoms with Gasteiger partial charge in [0.1, 0.15) is 11.8 Å². The summed E-state index contributed by atoms with van der Waals surface area (Å²) in [5.41, 5.74) is 2.63. The molecule has 2 N–H and O–H groups in total. The summed E-state index contributed by atoms with van der Waals surface area (Å²) in [4.78, 5) is 12.3. The third kappa shape index (κ3) is 5.67. The number of carbonyl (C=O) groups excluding carboxylic acids is 1. The number of halogens is 2. The maximum atomic E-state index is 12.3. The number of hydrogen-bond donors (Lipinski definition) is 1. The van der Waals surface area contributed by atoms with Gasteiger partial charge < -0.3 is 14.8 Å². The predicted molar refractivity (Wildman–Crippen MR) is 136 cm³/mol. The van der Waals surface area contributed by atoms with Gasteiger partial charge in [0, 0.05) is 5.02 Å². The first kappa shape index (κ1) is 25.6. The normalized spacial score (nSPS) is 11.9. The quantitative estimate of drug-likeness (QED) is 0.315. The molecule has 0 bridgehead atoms. The van der Waals surface area contributed by atoms with Crippen LogP contribution >= 0.6 is 23.2 Å². The minimum atomic E-state index is -0.578. The second-order valence-corrected chi connectivity index (χ2v) is 8.78. The highest BCUT2D eigenvalue weighted by Crippen LogP contribution is 2.37. The van der Waals surface area contributed by atoms with Gasteiger partial charge in [-0.2, -0.15) is 0 Å². The zero-order valence-corrected chi connectivity index (χ0v) is 21.4. The maximum absolute atomic E-state index is 12.3. The molecule has 4 rings (SSSR count). The van der Waals surface area contributed by atoms with E-state index in [-0.39, 0.29) is 25.2 Å². The van der Waals surface area contributed by atoms with Crippen molar-refractivity contribution in [3.63, 3.8) is 0 Å². The maximum Gasteiger partial charge on any atom is 0.361 e. The zero-order valence-electron chi connectivity index (χ0n) is 19.8. The predicted octanol–water partition coefficient (Wildman–Crippen LogP) is 3.84. The second-order valence-electron chi connectivity index (χ2n) is 7.94. The Morgan fingerprint density at radius 3 is 2.25 bits per heavy atom. The average molecular weight is 527 g/mol. The molecule has 1 aromatic heterocycles. The highest BCUT2D eigenvalue weighted by atomic mass is 35.5. The number of benzene rings is 3. The summed E-state index contributed by atoms with van der Waals surface area (Å²) < 4.78 is 12.5. The second kappa shape index (κ2) is 12.0. The van der Waals surface area contributed by atoms with Gasteiger partial charge in [0.05, 0.1) is 24.3 Å². The van der Waals surface area contributed by atoms with Gasteiger partial charge in [-0.3, -0.25) is 0 Å². The molecule has 0 aliphatic carbocycles. The van der Waals surface area contributed by atoms with E-state index in [4.69, 9.17) is 32.7 Å². The number of nitrogens with two attached hydrogens (primary N) is 1. The molecule has 0 spiro atoms. The molecule has 0 unspecified atom stereocenters. The van der Waals surface area contributed by atoms with Crippen molar-refractivity contribution in [1.82, 2.24) is 20.2 Å². The van der Waals surface area contributed by atoms with Crippen molar-refractivity contribution in [2.75, 3.05) is 20.3 Å². The largest absolute Gasteiger partial charge is 0.495 e. The molecule has 0 radical (unpaired) electrons. The molecule has 0 saturated carbocycles. The van der Waals surface area contributed by atoms with Gasteiger partial charge >= 0.3 is 5.97 Å². The standard InChI is InChI=1S/C26H25Cl2N5O3/c1-3-36-22(34)16-29-23(20-14-19(27)15-21(28)25(20)35-2)26-30-31-32-33(26)24(17-10-6-4-7-11-17)18-12-8-5-9-13-18/h4-15,23-24,29H,3,16H2,1-2H3/p+1/t23-/m0/s1. The molecule has 10 heteroatoms. The van der Waals surface area contributed by atoms with Crippen molar-refractivity contribution >= 4 is 29.2 Å². The Kier molecular flexibility index (Phi) is 8.53. The van der Waals surface area contributed by atoms with Crippen LogP contribution in [0.3, 0.4) is 0 Å². The van der Waals surface area contributed by atoms with E-state index in [0.29, 0.717) is 27.2 Å². The average Bonchev–Trinajstić information content (AvgIpc) is 3.34. The topological polar surface area (TPSA) is 95.7 Å².